The number of nitrogens with zero attached hydrogens (tertiary/aromatic N) is 4. The summed E-state index contributed by atoms with van der Waals surface area (Å²) >= 11 is 0. The van der Waals surface area contributed by atoms with Crippen molar-refractivity contribution < 1.29 is 34.8 Å². The minimum Gasteiger partial charge on any atom is -0.325 e. The number of hydrogen-bond donors (Lipinski definition) is 2. The van der Waals surface area contributed by atoms with Gasteiger partial charge in [-0.3, -0.25) is 8.80 Å². The van der Waals surface area contributed by atoms with Crippen LogP contribution in [0.5, 0.6) is 0 Å². The fraction of sp³-hybridized carbons (Fsp3) is 0.189. The molecule has 0 amide bonds. The molecule has 0 spiro atoms. The van der Waals surface area contributed by atoms with Gasteiger partial charge in [0.15, 0.2) is 0 Å². The number of aromatic nitrogens is 4. The Balaban J connectivity index is 0.000000206. The van der Waals surface area contributed by atoms with E-state index in [1.807, 2.05) is 18.2 Å². The van der Waals surface area contributed by atoms with Crippen LogP contribution in [0.15, 0.2) is 97.3 Å². The molecule has 3 N–H and O–H groups in total. The minimum absolute atomic E-state index is 0.0746. The first-order valence-corrected chi connectivity index (χ1v) is 17.1. The van der Waals surface area contributed by atoms with Gasteiger partial charge in [0, 0.05) is 30.1 Å². The monoisotopic (exact) mass is 736 g/mol. The van der Waals surface area contributed by atoms with E-state index in [-0.39, 0.29) is 24.2 Å². The molecule has 0 aliphatic rings. The Morgan fingerprint density at radius 1 is 0.692 bits per heavy atom. The van der Waals surface area contributed by atoms with Crippen LogP contribution in [0.4, 0.5) is 26.3 Å². The van der Waals surface area contributed by atoms with Gasteiger partial charge in [-0.05, 0) is 86.4 Å². The molecule has 0 unspecified atom stereocenters. The van der Waals surface area contributed by atoms with Crippen molar-refractivity contribution >= 4 is 21.3 Å². The number of benzene rings is 2. The van der Waals surface area contributed by atoms with Crippen molar-refractivity contribution in [1.29, 1.82) is 0 Å². The van der Waals surface area contributed by atoms with E-state index in [0.717, 1.165) is 24.3 Å². The fourth-order valence-electron chi connectivity index (χ4n) is 4.76. The largest absolute Gasteiger partial charge is 0.416 e. The van der Waals surface area contributed by atoms with E-state index in [1.54, 1.807) is 53.2 Å². The second-order valence-electron chi connectivity index (χ2n) is 11.4. The smallest absolute Gasteiger partial charge is 0.325 e. The average molecular weight is 737 g/mol. The first-order valence-electron chi connectivity index (χ1n) is 15.6. The Hall–Kier alpha value is -5.61. The van der Waals surface area contributed by atoms with E-state index >= 15 is 0 Å². The average Bonchev–Trinajstić information content (AvgIpc) is 3.66. The number of hydrogen-bond acceptors (Lipinski definition) is 5. The molecule has 268 valence electrons. The van der Waals surface area contributed by atoms with E-state index in [9.17, 15) is 34.8 Å². The predicted octanol–water partition coefficient (Wildman–Crippen LogP) is 6.79. The van der Waals surface area contributed by atoms with Crippen LogP contribution in [0.25, 0.3) is 11.3 Å². The third kappa shape index (κ3) is 8.99. The highest BCUT2D eigenvalue weighted by Crippen LogP contribution is 2.30. The zero-order valence-electron chi connectivity index (χ0n) is 27.6. The Bertz CT molecular complexity index is 2460. The number of rotatable bonds is 5. The third-order valence-corrected chi connectivity index (χ3v) is 9.28. The molecule has 4 aromatic heterocycles. The first kappa shape index (κ1) is 37.6. The second kappa shape index (κ2) is 15.3. The maximum absolute atomic E-state index is 12.9. The van der Waals surface area contributed by atoms with E-state index in [1.165, 1.54) is 24.3 Å². The minimum atomic E-state index is -4.46. The lowest BCUT2D eigenvalue weighted by atomic mass is 10.1. The van der Waals surface area contributed by atoms with Gasteiger partial charge in [-0.1, -0.05) is 36.1 Å². The number of halogens is 6. The molecule has 8 nitrogen and oxygen atoms in total. The number of nitrogens with two attached hydrogens (primary N) is 1. The molecule has 0 saturated carbocycles. The molecule has 6 rings (SSSR count). The van der Waals surface area contributed by atoms with Crippen molar-refractivity contribution in [3.8, 4) is 23.7 Å². The summed E-state index contributed by atoms with van der Waals surface area (Å²) in [4.78, 5) is 8.75. The van der Waals surface area contributed by atoms with Crippen molar-refractivity contribution in [1.82, 2.24) is 23.5 Å². The maximum atomic E-state index is 12.9. The Morgan fingerprint density at radius 2 is 1.15 bits per heavy atom. The summed E-state index contributed by atoms with van der Waals surface area (Å²) in [5, 5.41) is -0.612. The highest BCUT2D eigenvalue weighted by Gasteiger charge is 2.31. The summed E-state index contributed by atoms with van der Waals surface area (Å²) in [5.74, 6) is 11.2. The molecule has 2 aromatic carbocycles. The van der Waals surface area contributed by atoms with E-state index < -0.39 is 38.8 Å². The predicted molar refractivity (Wildman–Crippen MR) is 184 cm³/mol. The molecule has 0 saturated heterocycles. The molecule has 0 aliphatic heterocycles. The normalized spacial score (nSPS) is 11.8. The van der Waals surface area contributed by atoms with Gasteiger partial charge in [0.25, 0.3) is 0 Å². The van der Waals surface area contributed by atoms with Crippen LogP contribution in [0.3, 0.4) is 0 Å². The zero-order chi connectivity index (χ0) is 37.7. The lowest BCUT2D eigenvalue weighted by Crippen LogP contribution is -2.30. The molecule has 0 bridgehead atoms. The van der Waals surface area contributed by atoms with Crippen LogP contribution in [0.2, 0.25) is 0 Å². The number of sulfonamides is 1. The van der Waals surface area contributed by atoms with Gasteiger partial charge in [0.05, 0.1) is 34.3 Å². The third-order valence-electron chi connectivity index (χ3n) is 7.49. The number of imidazole rings is 2. The summed E-state index contributed by atoms with van der Waals surface area (Å²) < 4.78 is 107. The van der Waals surface area contributed by atoms with Gasteiger partial charge < -0.3 is 5.73 Å². The summed E-state index contributed by atoms with van der Waals surface area (Å²) in [5.41, 5.74) is 7.88. The van der Waals surface area contributed by atoms with Gasteiger partial charge in [-0.25, -0.2) is 23.1 Å². The highest BCUT2D eigenvalue weighted by molar-refractivity contribution is 7.90. The van der Waals surface area contributed by atoms with Crippen molar-refractivity contribution in [2.24, 2.45) is 5.73 Å². The fourth-order valence-corrected chi connectivity index (χ4v) is 5.44. The van der Waals surface area contributed by atoms with Gasteiger partial charge in [0.2, 0.25) is 10.0 Å². The number of alkyl halides is 6. The van der Waals surface area contributed by atoms with Crippen LogP contribution < -0.4 is 10.5 Å². The number of nitrogens with one attached hydrogen (secondary N) is 1. The SMILES string of the molecule is CC(C)S(=O)(=O)NCc1nc2ccccn2c1C#Cc1cccc(C(F)(F)F)c1.NCc1nc2ccccn2c1C#Cc1cccc(C(F)(F)F)c1. The maximum Gasteiger partial charge on any atom is 0.416 e. The Kier molecular flexibility index (Phi) is 11.1. The summed E-state index contributed by atoms with van der Waals surface area (Å²) in [6.07, 6.45) is -5.35. The van der Waals surface area contributed by atoms with Crippen LogP contribution in [-0.4, -0.2) is 32.4 Å². The molecule has 0 atom stereocenters. The molecule has 0 fully saturated rings. The van der Waals surface area contributed by atoms with Crippen LogP contribution in [-0.2, 0) is 35.5 Å². The molecule has 4 heterocycles. The second-order valence-corrected chi connectivity index (χ2v) is 13.8. The molecule has 6 aromatic rings. The number of fused-ring (bicyclic) bond motifs is 2. The molecule has 15 heteroatoms. The topological polar surface area (TPSA) is 107 Å². The summed E-state index contributed by atoms with van der Waals surface area (Å²) in [6, 6.07) is 20.4. The first-order chi connectivity index (χ1) is 24.6. The number of pyridine rings is 2. The van der Waals surface area contributed by atoms with Crippen molar-refractivity contribution in [2.45, 2.75) is 44.5 Å². The van der Waals surface area contributed by atoms with Gasteiger partial charge in [0.1, 0.15) is 22.7 Å². The van der Waals surface area contributed by atoms with Crippen molar-refractivity contribution in [2.75, 3.05) is 0 Å². The van der Waals surface area contributed by atoms with E-state index in [4.69, 9.17) is 5.73 Å². The lowest BCUT2D eigenvalue weighted by molar-refractivity contribution is -0.138. The van der Waals surface area contributed by atoms with Crippen LogP contribution in [0.1, 0.15) is 58.9 Å². The van der Waals surface area contributed by atoms with E-state index in [2.05, 4.69) is 38.4 Å². The van der Waals surface area contributed by atoms with Gasteiger partial charge in [-0.15, -0.1) is 0 Å². The molecular formula is C37H30F6N6O2S. The highest BCUT2D eigenvalue weighted by atomic mass is 32.2. The summed E-state index contributed by atoms with van der Waals surface area (Å²) in [7, 11) is -3.51. The van der Waals surface area contributed by atoms with Gasteiger partial charge >= 0.3 is 12.4 Å². The van der Waals surface area contributed by atoms with Crippen molar-refractivity contribution in [3.63, 3.8) is 0 Å². The lowest BCUT2D eigenvalue weighted by Gasteiger charge is -2.08. The van der Waals surface area contributed by atoms with Crippen molar-refractivity contribution in [3.05, 3.63) is 142 Å². The summed E-state index contributed by atoms with van der Waals surface area (Å²) in [6.45, 7) is 3.24. The zero-order valence-corrected chi connectivity index (χ0v) is 28.4. The van der Waals surface area contributed by atoms with Crippen LogP contribution in [0, 0.1) is 23.7 Å². The van der Waals surface area contributed by atoms with Crippen LogP contribution >= 0.6 is 0 Å². The molecule has 0 aliphatic carbocycles. The molecule has 0 radical (unpaired) electrons. The standard InChI is InChI=1S/C20H18F3N3O2S.C17H12F3N3/c1-14(2)29(27,28)24-13-17-18(26-11-4-3-8-19(26)25-17)10-9-15-6-5-7-16(12-15)20(21,22)23;18-17(19,20)13-5-3-4-12(10-13)7-8-15-14(11-21)22-16-6-1-2-9-23(15)16/h3-8,11-12,14,24H,13H2,1-2H3;1-6,9-10H,11,21H2. The molecular weight excluding hydrogens is 707 g/mol. The Morgan fingerprint density at radius 3 is 1.60 bits per heavy atom. The van der Waals surface area contributed by atoms with Gasteiger partial charge in [-0.2, -0.15) is 26.3 Å². The van der Waals surface area contributed by atoms with E-state index in [0.29, 0.717) is 34.1 Å². The Labute approximate surface area is 295 Å². The quantitative estimate of drug-likeness (QED) is 0.150. The molecule has 52 heavy (non-hydrogen) atoms.